The summed E-state index contributed by atoms with van der Waals surface area (Å²) in [5.41, 5.74) is 1.31. The topological polar surface area (TPSA) is 69.4 Å². The van der Waals surface area contributed by atoms with Crippen LogP contribution in [0.15, 0.2) is 18.2 Å². The molecule has 5 rings (SSSR count). The van der Waals surface area contributed by atoms with E-state index in [1.54, 1.807) is 6.07 Å². The predicted octanol–water partition coefficient (Wildman–Crippen LogP) is 3.85. The highest BCUT2D eigenvalue weighted by Crippen LogP contribution is 2.61. The predicted molar refractivity (Wildman–Crippen MR) is 84.3 cm³/mol. The fourth-order valence-corrected chi connectivity index (χ4v) is 5.72. The van der Waals surface area contributed by atoms with Crippen molar-refractivity contribution >= 4 is 11.7 Å². The maximum absolute atomic E-state index is 11.9. The Labute approximate surface area is 135 Å². The molecular formula is C18H21NO4. The van der Waals surface area contributed by atoms with Crippen molar-refractivity contribution < 1.29 is 14.5 Å². The summed E-state index contributed by atoms with van der Waals surface area (Å²) in [5, 5.41) is 11.3. The quantitative estimate of drug-likeness (QED) is 0.482. The molecule has 4 aliphatic rings. The number of non-ortho nitro benzene ring substituents is 1. The number of hydrogen-bond donors (Lipinski definition) is 0. The van der Waals surface area contributed by atoms with E-state index in [0.717, 1.165) is 42.6 Å². The molecule has 1 aromatic rings. The maximum Gasteiger partial charge on any atom is 0.338 e. The summed E-state index contributed by atoms with van der Waals surface area (Å²) in [6, 6.07) is 4.86. The summed E-state index contributed by atoms with van der Waals surface area (Å²) in [6.45, 7) is 0. The van der Waals surface area contributed by atoms with Gasteiger partial charge in [0.15, 0.2) is 0 Å². The summed E-state index contributed by atoms with van der Waals surface area (Å²) in [7, 11) is 1.31. The molecule has 0 aromatic heterocycles. The highest BCUT2D eigenvalue weighted by molar-refractivity contribution is 5.90. The van der Waals surface area contributed by atoms with Gasteiger partial charge in [0, 0.05) is 12.1 Å². The fourth-order valence-electron chi connectivity index (χ4n) is 5.72. The number of esters is 1. The number of nitro groups is 1. The zero-order valence-electron chi connectivity index (χ0n) is 13.3. The Bertz CT molecular complexity index is 646. The van der Waals surface area contributed by atoms with Gasteiger partial charge in [-0.1, -0.05) is 0 Å². The molecule has 0 spiro atoms. The third kappa shape index (κ3) is 2.33. The van der Waals surface area contributed by atoms with Crippen LogP contribution >= 0.6 is 0 Å². The number of carbonyl (C=O) groups is 1. The van der Waals surface area contributed by atoms with Crippen LogP contribution in [0.1, 0.15) is 54.4 Å². The molecule has 5 heteroatoms. The van der Waals surface area contributed by atoms with E-state index in [9.17, 15) is 14.9 Å². The second-order valence-electron chi connectivity index (χ2n) is 7.72. The standard InChI is InChI=1S/C18H21NO4/c1-23-17(20)14-5-15(7-16(6-14)19(21)22)18-8-11-2-12(9-18)4-13(3-11)10-18/h5-7,11-13H,2-4,8-10H2,1H3. The lowest BCUT2D eigenvalue weighted by molar-refractivity contribution is -0.385. The van der Waals surface area contributed by atoms with E-state index in [1.807, 2.05) is 6.07 Å². The van der Waals surface area contributed by atoms with Gasteiger partial charge in [-0.05, 0) is 73.3 Å². The maximum atomic E-state index is 11.9. The Morgan fingerprint density at radius 3 is 2.17 bits per heavy atom. The summed E-state index contributed by atoms with van der Waals surface area (Å²) in [4.78, 5) is 22.8. The number of nitro benzene ring substituents is 1. The van der Waals surface area contributed by atoms with Crippen LogP contribution in [0.3, 0.4) is 0 Å². The summed E-state index contributed by atoms with van der Waals surface area (Å²) >= 11 is 0. The molecule has 4 saturated carbocycles. The van der Waals surface area contributed by atoms with Gasteiger partial charge in [-0.2, -0.15) is 0 Å². The van der Waals surface area contributed by atoms with Gasteiger partial charge in [0.05, 0.1) is 17.6 Å². The Hall–Kier alpha value is -1.91. The number of rotatable bonds is 3. The lowest BCUT2D eigenvalue weighted by Crippen LogP contribution is -2.48. The Balaban J connectivity index is 1.80. The Morgan fingerprint density at radius 1 is 1.13 bits per heavy atom. The molecule has 0 aliphatic heterocycles. The highest BCUT2D eigenvalue weighted by atomic mass is 16.6. The van der Waals surface area contributed by atoms with Crippen molar-refractivity contribution in [3.8, 4) is 0 Å². The number of nitrogens with zero attached hydrogens (tertiary/aromatic N) is 1. The first-order chi connectivity index (χ1) is 11.0. The van der Waals surface area contributed by atoms with Crippen LogP contribution in [0.2, 0.25) is 0 Å². The van der Waals surface area contributed by atoms with Crippen LogP contribution in [0.4, 0.5) is 5.69 Å². The number of carbonyl (C=O) groups excluding carboxylic acids is 1. The van der Waals surface area contributed by atoms with Crippen molar-refractivity contribution in [2.24, 2.45) is 17.8 Å². The molecule has 0 atom stereocenters. The van der Waals surface area contributed by atoms with Gasteiger partial charge in [-0.15, -0.1) is 0 Å². The van der Waals surface area contributed by atoms with E-state index in [4.69, 9.17) is 4.74 Å². The second kappa shape index (κ2) is 5.05. The lowest BCUT2D eigenvalue weighted by Gasteiger charge is -2.57. The van der Waals surface area contributed by atoms with Crippen LogP contribution in [0.5, 0.6) is 0 Å². The first-order valence-corrected chi connectivity index (χ1v) is 8.37. The second-order valence-corrected chi connectivity index (χ2v) is 7.72. The largest absolute Gasteiger partial charge is 0.465 e. The first kappa shape index (κ1) is 14.7. The van der Waals surface area contributed by atoms with Crippen LogP contribution in [-0.4, -0.2) is 18.0 Å². The van der Waals surface area contributed by atoms with Gasteiger partial charge in [-0.3, -0.25) is 10.1 Å². The van der Waals surface area contributed by atoms with Crippen molar-refractivity contribution in [1.29, 1.82) is 0 Å². The molecule has 1 aromatic carbocycles. The summed E-state index contributed by atoms with van der Waals surface area (Å²) < 4.78 is 4.78. The minimum absolute atomic E-state index is 0.00125. The Kier molecular flexibility index (Phi) is 3.22. The van der Waals surface area contributed by atoms with Gasteiger partial charge < -0.3 is 4.74 Å². The molecule has 0 radical (unpaired) electrons. The number of hydrogen-bond acceptors (Lipinski definition) is 4. The summed E-state index contributed by atoms with van der Waals surface area (Å²) in [6.07, 6.45) is 7.29. The Morgan fingerprint density at radius 2 is 1.70 bits per heavy atom. The minimum Gasteiger partial charge on any atom is -0.465 e. The third-order valence-electron chi connectivity index (χ3n) is 6.20. The van der Waals surface area contributed by atoms with Gasteiger partial charge >= 0.3 is 5.97 Å². The van der Waals surface area contributed by atoms with E-state index >= 15 is 0 Å². The molecular weight excluding hydrogens is 294 g/mol. The molecule has 0 N–H and O–H groups in total. The van der Waals surface area contributed by atoms with Crippen molar-refractivity contribution in [2.75, 3.05) is 7.11 Å². The van der Waals surface area contributed by atoms with E-state index in [1.165, 1.54) is 32.4 Å². The molecule has 5 nitrogen and oxygen atoms in total. The minimum atomic E-state index is -0.500. The molecule has 0 amide bonds. The van der Waals surface area contributed by atoms with Crippen molar-refractivity contribution in [3.63, 3.8) is 0 Å². The zero-order chi connectivity index (χ0) is 16.2. The average molecular weight is 315 g/mol. The van der Waals surface area contributed by atoms with Crippen LogP contribution in [-0.2, 0) is 10.2 Å². The number of ether oxygens (including phenoxy) is 1. The molecule has 0 unspecified atom stereocenters. The monoisotopic (exact) mass is 315 g/mol. The van der Waals surface area contributed by atoms with E-state index in [0.29, 0.717) is 5.56 Å². The first-order valence-electron chi connectivity index (χ1n) is 8.37. The highest BCUT2D eigenvalue weighted by Gasteiger charge is 2.52. The molecule has 0 saturated heterocycles. The van der Waals surface area contributed by atoms with Gasteiger partial charge in [0.2, 0.25) is 0 Å². The summed E-state index contributed by atoms with van der Waals surface area (Å²) in [5.74, 6) is 1.76. The van der Waals surface area contributed by atoms with Crippen molar-refractivity contribution in [1.82, 2.24) is 0 Å². The van der Waals surface area contributed by atoms with Crippen LogP contribution < -0.4 is 0 Å². The number of methoxy groups -OCH3 is 1. The van der Waals surface area contributed by atoms with Crippen LogP contribution in [0, 0.1) is 27.9 Å². The number of benzene rings is 1. The molecule has 4 fully saturated rings. The van der Waals surface area contributed by atoms with E-state index in [-0.39, 0.29) is 11.1 Å². The van der Waals surface area contributed by atoms with Crippen LogP contribution in [0.25, 0.3) is 0 Å². The zero-order valence-corrected chi connectivity index (χ0v) is 13.3. The fraction of sp³-hybridized carbons (Fsp3) is 0.611. The molecule has 23 heavy (non-hydrogen) atoms. The third-order valence-corrected chi connectivity index (χ3v) is 6.20. The molecule has 4 aliphatic carbocycles. The normalized spacial score (nSPS) is 34.4. The van der Waals surface area contributed by atoms with Crippen molar-refractivity contribution in [2.45, 2.75) is 43.9 Å². The van der Waals surface area contributed by atoms with Crippen molar-refractivity contribution in [3.05, 3.63) is 39.4 Å². The molecule has 0 heterocycles. The SMILES string of the molecule is COC(=O)c1cc([N+](=O)[O-])cc(C23CC4CC(CC(C4)C2)C3)c1. The van der Waals surface area contributed by atoms with Gasteiger partial charge in [0.25, 0.3) is 5.69 Å². The molecule has 4 bridgehead atoms. The van der Waals surface area contributed by atoms with E-state index in [2.05, 4.69) is 0 Å². The average Bonchev–Trinajstić information content (AvgIpc) is 2.52. The lowest BCUT2D eigenvalue weighted by atomic mass is 9.48. The molecule has 122 valence electrons. The van der Waals surface area contributed by atoms with Gasteiger partial charge in [0.1, 0.15) is 0 Å². The van der Waals surface area contributed by atoms with Gasteiger partial charge in [-0.25, -0.2) is 4.79 Å². The smallest absolute Gasteiger partial charge is 0.338 e. The van der Waals surface area contributed by atoms with E-state index < -0.39 is 10.9 Å².